The Morgan fingerprint density at radius 2 is 2.00 bits per heavy atom. The fourth-order valence-corrected chi connectivity index (χ4v) is 2.84. The van der Waals surface area contributed by atoms with E-state index < -0.39 is 5.54 Å². The zero-order valence-electron chi connectivity index (χ0n) is 12.3. The minimum Gasteiger partial charge on any atom is -0.493 e. The van der Waals surface area contributed by atoms with Crippen LogP contribution in [-0.2, 0) is 6.42 Å². The van der Waals surface area contributed by atoms with Crippen molar-refractivity contribution in [3.63, 3.8) is 0 Å². The maximum atomic E-state index is 12.7. The monoisotopic (exact) mass is 261 g/mol. The fraction of sp³-hybridized carbons (Fsp3) is 0.562. The second kappa shape index (κ2) is 5.33. The van der Waals surface area contributed by atoms with Gasteiger partial charge in [0, 0.05) is 12.0 Å². The van der Waals surface area contributed by atoms with E-state index in [1.807, 2.05) is 32.0 Å². The molecule has 0 saturated carbocycles. The van der Waals surface area contributed by atoms with Gasteiger partial charge < -0.3 is 4.74 Å². The van der Waals surface area contributed by atoms with Crippen molar-refractivity contribution in [1.29, 1.82) is 0 Å². The van der Waals surface area contributed by atoms with Gasteiger partial charge in [-0.15, -0.1) is 0 Å². The molecule has 0 N–H and O–H groups in total. The highest BCUT2D eigenvalue weighted by atomic mass is 16.5. The lowest BCUT2D eigenvalue weighted by atomic mass is 9.90. The average molecular weight is 261 g/mol. The normalized spacial score (nSPS) is 14.4. The van der Waals surface area contributed by atoms with Crippen LogP contribution in [0.5, 0.6) is 5.75 Å². The Labute approximate surface area is 115 Å². The molecule has 3 heteroatoms. The maximum Gasteiger partial charge on any atom is 0.182 e. The van der Waals surface area contributed by atoms with E-state index >= 15 is 0 Å². The zero-order valence-corrected chi connectivity index (χ0v) is 12.3. The molecule has 1 aromatic carbocycles. The molecule has 1 aliphatic rings. The number of hydrogen-bond donors (Lipinski definition) is 0. The number of likely N-dealkylation sites (N-methyl/N-ethyl adjacent to an activating group) is 1. The van der Waals surface area contributed by atoms with E-state index in [9.17, 15) is 4.79 Å². The summed E-state index contributed by atoms with van der Waals surface area (Å²) in [4.78, 5) is 14.9. The number of fused-ring (bicyclic) bond motifs is 1. The molecule has 0 fully saturated rings. The first kappa shape index (κ1) is 14.1. The topological polar surface area (TPSA) is 29.5 Å². The molecule has 0 spiro atoms. The van der Waals surface area contributed by atoms with Gasteiger partial charge in [-0.1, -0.05) is 13.8 Å². The summed E-state index contributed by atoms with van der Waals surface area (Å²) in [5.41, 5.74) is 1.49. The molecule has 1 heterocycles. The largest absolute Gasteiger partial charge is 0.493 e. The minimum atomic E-state index is -0.461. The lowest BCUT2D eigenvalue weighted by Gasteiger charge is -2.35. The molecule has 0 atom stereocenters. The van der Waals surface area contributed by atoms with Crippen LogP contribution in [0.4, 0.5) is 0 Å². The molecule has 2 rings (SSSR count). The summed E-state index contributed by atoms with van der Waals surface area (Å²) in [5, 5.41) is 0. The standard InChI is InChI=1S/C16H23NO2/c1-5-17(6-2)16(3,4)15(18)13-7-8-14-12(11-13)9-10-19-14/h7-8,11H,5-6,9-10H2,1-4H3. The molecule has 0 amide bonds. The van der Waals surface area contributed by atoms with Gasteiger partial charge in [-0.25, -0.2) is 0 Å². The lowest BCUT2D eigenvalue weighted by molar-refractivity contribution is 0.0668. The van der Waals surface area contributed by atoms with Gasteiger partial charge in [-0.05, 0) is 50.7 Å². The summed E-state index contributed by atoms with van der Waals surface area (Å²) in [5.74, 6) is 1.11. The summed E-state index contributed by atoms with van der Waals surface area (Å²) < 4.78 is 5.49. The number of nitrogens with zero attached hydrogens (tertiary/aromatic N) is 1. The molecule has 19 heavy (non-hydrogen) atoms. The van der Waals surface area contributed by atoms with Gasteiger partial charge in [0.15, 0.2) is 5.78 Å². The number of ether oxygens (including phenoxy) is 1. The Morgan fingerprint density at radius 1 is 1.32 bits per heavy atom. The third-order valence-electron chi connectivity index (χ3n) is 4.06. The lowest BCUT2D eigenvalue weighted by Crippen LogP contribution is -2.49. The van der Waals surface area contributed by atoms with Crippen LogP contribution in [-0.4, -0.2) is 35.9 Å². The summed E-state index contributed by atoms with van der Waals surface area (Å²) in [6, 6.07) is 5.81. The van der Waals surface area contributed by atoms with Crippen LogP contribution in [0.15, 0.2) is 18.2 Å². The van der Waals surface area contributed by atoms with E-state index in [2.05, 4.69) is 18.7 Å². The molecule has 0 radical (unpaired) electrons. The van der Waals surface area contributed by atoms with Gasteiger partial charge in [0.25, 0.3) is 0 Å². The average Bonchev–Trinajstić information content (AvgIpc) is 2.86. The van der Waals surface area contributed by atoms with Crippen LogP contribution in [0.3, 0.4) is 0 Å². The van der Waals surface area contributed by atoms with Gasteiger partial charge in [-0.2, -0.15) is 0 Å². The van der Waals surface area contributed by atoms with E-state index in [0.717, 1.165) is 43.0 Å². The molecule has 0 unspecified atom stereocenters. The quantitative estimate of drug-likeness (QED) is 0.763. The summed E-state index contributed by atoms with van der Waals surface area (Å²) in [7, 11) is 0. The zero-order chi connectivity index (χ0) is 14.0. The van der Waals surface area contributed by atoms with E-state index in [1.165, 1.54) is 0 Å². The Balaban J connectivity index is 2.28. The van der Waals surface area contributed by atoms with Crippen molar-refractivity contribution in [2.75, 3.05) is 19.7 Å². The Hall–Kier alpha value is -1.35. The number of Topliss-reactive ketones (excluding diaryl/α,β-unsaturated/α-hetero) is 1. The number of ketones is 1. The second-order valence-electron chi connectivity index (χ2n) is 5.48. The Kier molecular flexibility index (Phi) is 3.95. The van der Waals surface area contributed by atoms with Crippen molar-refractivity contribution >= 4 is 5.78 Å². The third-order valence-corrected chi connectivity index (χ3v) is 4.06. The van der Waals surface area contributed by atoms with Crippen molar-refractivity contribution in [2.45, 2.75) is 39.7 Å². The van der Waals surface area contributed by atoms with Gasteiger partial charge in [0.1, 0.15) is 5.75 Å². The Morgan fingerprint density at radius 3 is 2.63 bits per heavy atom. The molecule has 0 aromatic heterocycles. The predicted molar refractivity (Wildman–Crippen MR) is 77.0 cm³/mol. The van der Waals surface area contributed by atoms with Crippen LogP contribution in [0, 0.1) is 0 Å². The molecule has 0 aliphatic carbocycles. The van der Waals surface area contributed by atoms with Crippen molar-refractivity contribution in [2.24, 2.45) is 0 Å². The summed E-state index contributed by atoms with van der Waals surface area (Å²) >= 11 is 0. The van der Waals surface area contributed by atoms with E-state index in [1.54, 1.807) is 0 Å². The van der Waals surface area contributed by atoms with E-state index in [0.29, 0.717) is 0 Å². The van der Waals surface area contributed by atoms with Crippen molar-refractivity contribution in [1.82, 2.24) is 4.90 Å². The molecule has 3 nitrogen and oxygen atoms in total. The number of rotatable bonds is 5. The number of carbonyl (C=O) groups is 1. The van der Waals surface area contributed by atoms with Gasteiger partial charge in [0.05, 0.1) is 12.1 Å². The highest BCUT2D eigenvalue weighted by Gasteiger charge is 2.33. The Bertz CT molecular complexity index is 476. The highest BCUT2D eigenvalue weighted by molar-refractivity contribution is 6.03. The molecule has 0 bridgehead atoms. The predicted octanol–water partition coefficient (Wildman–Crippen LogP) is 2.92. The molecule has 104 valence electrons. The van der Waals surface area contributed by atoms with E-state index in [-0.39, 0.29) is 5.78 Å². The molecule has 0 saturated heterocycles. The minimum absolute atomic E-state index is 0.186. The molecular formula is C16H23NO2. The van der Waals surface area contributed by atoms with Gasteiger partial charge in [-0.3, -0.25) is 9.69 Å². The van der Waals surface area contributed by atoms with Crippen LogP contribution in [0.1, 0.15) is 43.6 Å². The van der Waals surface area contributed by atoms with Crippen molar-refractivity contribution in [3.8, 4) is 5.75 Å². The van der Waals surface area contributed by atoms with Crippen LogP contribution < -0.4 is 4.74 Å². The van der Waals surface area contributed by atoms with E-state index in [4.69, 9.17) is 4.74 Å². The molecule has 1 aromatic rings. The summed E-state index contributed by atoms with van der Waals surface area (Å²) in [6.07, 6.45) is 0.905. The van der Waals surface area contributed by atoms with Gasteiger partial charge >= 0.3 is 0 Å². The first-order valence-corrected chi connectivity index (χ1v) is 7.06. The van der Waals surface area contributed by atoms with Gasteiger partial charge in [0.2, 0.25) is 0 Å². The number of benzene rings is 1. The SMILES string of the molecule is CCN(CC)C(C)(C)C(=O)c1ccc2c(c1)CCO2. The molecular weight excluding hydrogens is 238 g/mol. The first-order valence-electron chi connectivity index (χ1n) is 7.06. The fourth-order valence-electron chi connectivity index (χ4n) is 2.84. The maximum absolute atomic E-state index is 12.7. The number of carbonyl (C=O) groups excluding carboxylic acids is 1. The smallest absolute Gasteiger partial charge is 0.182 e. The van der Waals surface area contributed by atoms with Crippen LogP contribution in [0.2, 0.25) is 0 Å². The highest BCUT2D eigenvalue weighted by Crippen LogP contribution is 2.28. The summed E-state index contributed by atoms with van der Waals surface area (Å²) in [6.45, 7) is 10.7. The second-order valence-corrected chi connectivity index (χ2v) is 5.48. The van der Waals surface area contributed by atoms with Crippen LogP contribution in [0.25, 0.3) is 0 Å². The third kappa shape index (κ3) is 2.52. The molecule has 1 aliphatic heterocycles. The van der Waals surface area contributed by atoms with Crippen LogP contribution >= 0.6 is 0 Å². The van der Waals surface area contributed by atoms with Crippen molar-refractivity contribution in [3.05, 3.63) is 29.3 Å². The van der Waals surface area contributed by atoms with Crippen molar-refractivity contribution < 1.29 is 9.53 Å². The first-order chi connectivity index (χ1) is 9.00. The number of hydrogen-bond acceptors (Lipinski definition) is 3.